The van der Waals surface area contributed by atoms with Gasteiger partial charge in [0.1, 0.15) is 5.82 Å². The van der Waals surface area contributed by atoms with Gasteiger partial charge in [-0.3, -0.25) is 0 Å². The van der Waals surface area contributed by atoms with Gasteiger partial charge in [-0.15, -0.1) is 0 Å². The zero-order valence-corrected chi connectivity index (χ0v) is 13.4. The lowest BCUT2D eigenvalue weighted by molar-refractivity contribution is 0.626. The number of aromatic nitrogens is 3. The molecular formula is C18H16FN3S. The summed E-state index contributed by atoms with van der Waals surface area (Å²) in [6.07, 6.45) is 5.09. The monoisotopic (exact) mass is 325 g/mol. The standard InChI is InChI=1S/C18H16FN3S/c19-13-7-9-14(10-8-13)22-17-5-3-4-15(17)16(21-22)12-23-18-6-1-2-11-20-18/h1-2,6-11H,3-5,12H2. The molecular weight excluding hydrogens is 309 g/mol. The molecule has 0 saturated heterocycles. The number of pyridine rings is 1. The summed E-state index contributed by atoms with van der Waals surface area (Å²) in [6.45, 7) is 0. The van der Waals surface area contributed by atoms with E-state index in [1.165, 1.54) is 23.4 Å². The van der Waals surface area contributed by atoms with Crippen molar-refractivity contribution >= 4 is 11.8 Å². The van der Waals surface area contributed by atoms with Crippen molar-refractivity contribution in [2.45, 2.75) is 30.0 Å². The Hall–Kier alpha value is -2.14. The van der Waals surface area contributed by atoms with Gasteiger partial charge < -0.3 is 0 Å². The molecule has 2 aromatic heterocycles. The summed E-state index contributed by atoms with van der Waals surface area (Å²) in [5.74, 6) is 0.594. The van der Waals surface area contributed by atoms with E-state index in [1.54, 1.807) is 23.9 Å². The quantitative estimate of drug-likeness (QED) is 0.674. The van der Waals surface area contributed by atoms with Crippen LogP contribution in [0.3, 0.4) is 0 Å². The smallest absolute Gasteiger partial charge is 0.123 e. The third kappa shape index (κ3) is 2.88. The van der Waals surface area contributed by atoms with Gasteiger partial charge in [-0.1, -0.05) is 17.8 Å². The zero-order valence-electron chi connectivity index (χ0n) is 12.6. The van der Waals surface area contributed by atoms with Crippen molar-refractivity contribution in [2.24, 2.45) is 0 Å². The molecule has 23 heavy (non-hydrogen) atoms. The van der Waals surface area contributed by atoms with Crippen molar-refractivity contribution in [1.29, 1.82) is 0 Å². The van der Waals surface area contributed by atoms with Gasteiger partial charge in [-0.2, -0.15) is 5.10 Å². The summed E-state index contributed by atoms with van der Waals surface area (Å²) >= 11 is 1.70. The molecule has 1 aliphatic carbocycles. The van der Waals surface area contributed by atoms with Crippen LogP contribution >= 0.6 is 11.8 Å². The summed E-state index contributed by atoms with van der Waals surface area (Å²) < 4.78 is 15.1. The summed E-state index contributed by atoms with van der Waals surface area (Å²) in [5, 5.41) is 5.80. The Balaban J connectivity index is 1.63. The Kier molecular flexibility index (Phi) is 3.87. The summed E-state index contributed by atoms with van der Waals surface area (Å²) in [5.41, 5.74) is 4.68. The number of hydrogen-bond donors (Lipinski definition) is 0. The van der Waals surface area contributed by atoms with Crippen LogP contribution in [-0.4, -0.2) is 14.8 Å². The number of nitrogens with zero attached hydrogens (tertiary/aromatic N) is 3. The molecule has 0 spiro atoms. The van der Waals surface area contributed by atoms with Crippen LogP contribution in [0.15, 0.2) is 53.7 Å². The third-order valence-electron chi connectivity index (χ3n) is 4.08. The minimum atomic E-state index is -0.219. The number of benzene rings is 1. The molecule has 0 aliphatic heterocycles. The molecule has 0 saturated carbocycles. The molecule has 3 nitrogen and oxygen atoms in total. The molecule has 0 N–H and O–H groups in total. The minimum absolute atomic E-state index is 0.219. The van der Waals surface area contributed by atoms with E-state index >= 15 is 0 Å². The van der Waals surface area contributed by atoms with E-state index in [9.17, 15) is 4.39 Å². The molecule has 0 unspecified atom stereocenters. The predicted octanol–water partition coefficient (Wildman–Crippen LogP) is 4.19. The van der Waals surface area contributed by atoms with Gasteiger partial charge in [0.25, 0.3) is 0 Å². The minimum Gasteiger partial charge on any atom is -0.250 e. The number of fused-ring (bicyclic) bond motifs is 1. The van der Waals surface area contributed by atoms with Crippen LogP contribution in [-0.2, 0) is 18.6 Å². The maximum absolute atomic E-state index is 13.2. The normalized spacial score (nSPS) is 13.3. The highest BCUT2D eigenvalue weighted by molar-refractivity contribution is 7.98. The van der Waals surface area contributed by atoms with E-state index in [-0.39, 0.29) is 5.82 Å². The molecule has 3 aromatic rings. The Morgan fingerprint density at radius 1 is 1.09 bits per heavy atom. The maximum atomic E-state index is 13.2. The van der Waals surface area contributed by atoms with Crippen LogP contribution in [0.25, 0.3) is 5.69 Å². The molecule has 1 aliphatic rings. The van der Waals surface area contributed by atoms with E-state index < -0.39 is 0 Å². The molecule has 4 rings (SSSR count). The van der Waals surface area contributed by atoms with Gasteiger partial charge in [0.2, 0.25) is 0 Å². The van der Waals surface area contributed by atoms with Crippen molar-refractivity contribution in [3.63, 3.8) is 0 Å². The van der Waals surface area contributed by atoms with Gasteiger partial charge in [0.05, 0.1) is 16.4 Å². The predicted molar refractivity (Wildman–Crippen MR) is 89.3 cm³/mol. The zero-order chi connectivity index (χ0) is 15.6. The van der Waals surface area contributed by atoms with Crippen molar-refractivity contribution in [2.75, 3.05) is 0 Å². The van der Waals surface area contributed by atoms with Gasteiger partial charge in [-0.05, 0) is 61.2 Å². The highest BCUT2D eigenvalue weighted by Gasteiger charge is 2.23. The number of hydrogen-bond acceptors (Lipinski definition) is 3. The van der Waals surface area contributed by atoms with Crippen molar-refractivity contribution < 1.29 is 4.39 Å². The average Bonchev–Trinajstić information content (AvgIpc) is 3.18. The molecule has 0 atom stereocenters. The first-order valence-corrected chi connectivity index (χ1v) is 8.69. The van der Waals surface area contributed by atoms with Crippen LogP contribution < -0.4 is 0 Å². The van der Waals surface area contributed by atoms with Crippen LogP contribution in [0.1, 0.15) is 23.4 Å². The molecule has 2 heterocycles. The fourth-order valence-corrected chi connectivity index (χ4v) is 3.83. The third-order valence-corrected chi connectivity index (χ3v) is 5.03. The number of halogens is 1. The summed E-state index contributed by atoms with van der Waals surface area (Å²) in [7, 11) is 0. The lowest BCUT2D eigenvalue weighted by atomic mass is 10.2. The Labute approximate surface area is 138 Å². The first kappa shape index (κ1) is 14.5. The van der Waals surface area contributed by atoms with Crippen molar-refractivity contribution in [3.8, 4) is 5.69 Å². The topological polar surface area (TPSA) is 30.7 Å². The van der Waals surface area contributed by atoms with E-state index in [0.717, 1.165) is 41.4 Å². The molecule has 1 aromatic carbocycles. The van der Waals surface area contributed by atoms with Crippen molar-refractivity contribution in [1.82, 2.24) is 14.8 Å². The second-order valence-electron chi connectivity index (χ2n) is 5.57. The van der Waals surface area contributed by atoms with Gasteiger partial charge in [0, 0.05) is 17.6 Å². The largest absolute Gasteiger partial charge is 0.250 e. The lowest BCUT2D eigenvalue weighted by Crippen LogP contribution is -2.01. The first-order chi connectivity index (χ1) is 11.3. The van der Waals surface area contributed by atoms with Gasteiger partial charge >= 0.3 is 0 Å². The molecule has 0 amide bonds. The molecule has 116 valence electrons. The summed E-state index contributed by atoms with van der Waals surface area (Å²) in [6, 6.07) is 12.5. The van der Waals surface area contributed by atoms with Gasteiger partial charge in [0.15, 0.2) is 0 Å². The van der Waals surface area contributed by atoms with Gasteiger partial charge in [-0.25, -0.2) is 14.1 Å². The Morgan fingerprint density at radius 3 is 2.74 bits per heavy atom. The average molecular weight is 325 g/mol. The summed E-state index contributed by atoms with van der Waals surface area (Å²) in [4.78, 5) is 4.35. The number of thioether (sulfide) groups is 1. The molecule has 5 heteroatoms. The second-order valence-corrected chi connectivity index (χ2v) is 6.57. The van der Waals surface area contributed by atoms with E-state index in [2.05, 4.69) is 4.98 Å². The van der Waals surface area contributed by atoms with Crippen LogP contribution in [0.5, 0.6) is 0 Å². The SMILES string of the molecule is Fc1ccc(-n2nc(CSc3ccccn3)c3c2CCC3)cc1. The maximum Gasteiger partial charge on any atom is 0.123 e. The van der Waals surface area contributed by atoms with E-state index in [1.807, 2.05) is 29.1 Å². The van der Waals surface area contributed by atoms with Crippen molar-refractivity contribution in [3.05, 3.63) is 71.4 Å². The fourth-order valence-electron chi connectivity index (χ4n) is 3.00. The molecule has 0 bridgehead atoms. The molecule has 0 fully saturated rings. The lowest BCUT2D eigenvalue weighted by Gasteiger charge is -2.05. The second kappa shape index (κ2) is 6.16. The number of rotatable bonds is 4. The fraction of sp³-hybridized carbons (Fsp3) is 0.222. The van der Waals surface area contributed by atoms with Crippen LogP contribution in [0.4, 0.5) is 4.39 Å². The highest BCUT2D eigenvalue weighted by Crippen LogP contribution is 2.31. The Bertz CT molecular complexity index is 812. The van der Waals surface area contributed by atoms with E-state index in [0.29, 0.717) is 0 Å². The highest BCUT2D eigenvalue weighted by atomic mass is 32.2. The Morgan fingerprint density at radius 2 is 1.96 bits per heavy atom. The molecule has 0 radical (unpaired) electrons. The van der Waals surface area contributed by atoms with Crippen LogP contribution in [0, 0.1) is 5.82 Å². The first-order valence-electron chi connectivity index (χ1n) is 7.71. The van der Waals surface area contributed by atoms with E-state index in [4.69, 9.17) is 5.10 Å². The van der Waals surface area contributed by atoms with Crippen LogP contribution in [0.2, 0.25) is 0 Å².